The minimum absolute atomic E-state index is 0. The van der Waals surface area contributed by atoms with Gasteiger partial charge in [-0.05, 0) is 57.4 Å². The third kappa shape index (κ3) is 5.78. The van der Waals surface area contributed by atoms with Crippen LogP contribution in [0.15, 0.2) is 23.0 Å². The Hall–Kier alpha value is -1.42. The summed E-state index contributed by atoms with van der Waals surface area (Å²) in [7, 11) is 0. The van der Waals surface area contributed by atoms with Gasteiger partial charge < -0.3 is 25.0 Å². The van der Waals surface area contributed by atoms with E-state index in [1.807, 2.05) is 34.6 Å². The number of ether oxygens (including phenoxy) is 2. The molecule has 7 heteroatoms. The van der Waals surface area contributed by atoms with E-state index in [1.54, 1.807) is 0 Å². The topological polar surface area (TPSA) is 102 Å². The van der Waals surface area contributed by atoms with E-state index in [-0.39, 0.29) is 16.8 Å². The van der Waals surface area contributed by atoms with Crippen molar-refractivity contribution in [3.05, 3.63) is 58.1 Å². The molecule has 0 aliphatic rings. The van der Waals surface area contributed by atoms with E-state index in [9.17, 15) is 9.90 Å². The highest BCUT2D eigenvalue weighted by molar-refractivity contribution is 5.35. The van der Waals surface area contributed by atoms with Gasteiger partial charge in [-0.25, -0.2) is 0 Å². The van der Waals surface area contributed by atoms with Crippen molar-refractivity contribution in [3.8, 4) is 5.75 Å². The molecule has 150 valence electrons. The van der Waals surface area contributed by atoms with Gasteiger partial charge in [-0.2, -0.15) is 0 Å². The fraction of sp³-hybridized carbons (Fsp3) is 0.450. The number of hydrogen-bond donors (Lipinski definition) is 2. The average molecular weight is 489 g/mol. The predicted octanol–water partition coefficient (Wildman–Crippen LogP) is 0.283. The molecule has 2 aromatic rings. The van der Waals surface area contributed by atoms with Crippen LogP contribution in [0.4, 0.5) is 0 Å². The van der Waals surface area contributed by atoms with Crippen LogP contribution in [0, 0.1) is 21.0 Å². The number of aromatic nitrogens is 1. The van der Waals surface area contributed by atoms with Crippen molar-refractivity contribution in [2.45, 2.75) is 47.3 Å². The molecule has 27 heavy (non-hydrogen) atoms. The average Bonchev–Trinajstić information content (AvgIpc) is 2.57. The number of pyridine rings is 1. The summed E-state index contributed by atoms with van der Waals surface area (Å²) in [4.78, 5) is 15.6. The summed E-state index contributed by atoms with van der Waals surface area (Å²) in [5.74, 6) is 0.0858. The molecule has 0 unspecified atom stereocenters. The summed E-state index contributed by atoms with van der Waals surface area (Å²) in [5, 5.41) is 10.8. The Labute approximate surface area is 170 Å². The van der Waals surface area contributed by atoms with Gasteiger partial charge in [0, 0.05) is 18.8 Å². The molecule has 0 saturated heterocycles. The Kier molecular flexibility index (Phi) is 9.44. The summed E-state index contributed by atoms with van der Waals surface area (Å²) in [6.07, 6.45) is -0.0925. The van der Waals surface area contributed by atoms with E-state index in [4.69, 9.17) is 9.47 Å². The summed E-state index contributed by atoms with van der Waals surface area (Å²) < 4.78 is 12.8. The van der Waals surface area contributed by atoms with Crippen LogP contribution < -0.4 is 26.8 Å². The van der Waals surface area contributed by atoms with E-state index >= 15 is 0 Å². The molecule has 1 heterocycles. The molecular weight excluding hydrogens is 461 g/mol. The Balaban J connectivity index is 0.00000364. The van der Waals surface area contributed by atoms with Crippen molar-refractivity contribution in [1.29, 1.82) is 0 Å². The van der Waals surface area contributed by atoms with Crippen molar-refractivity contribution >= 4 is 0 Å². The second-order valence-electron chi connectivity index (χ2n) is 6.01. The maximum absolute atomic E-state index is 12.7. The lowest BCUT2D eigenvalue weighted by molar-refractivity contribution is -0.600. The van der Waals surface area contributed by atoms with Crippen LogP contribution in [-0.4, -0.2) is 28.8 Å². The van der Waals surface area contributed by atoms with Gasteiger partial charge >= 0.3 is 30.3 Å². The largest absolute Gasteiger partial charge is 0.870 e. The van der Waals surface area contributed by atoms with Gasteiger partial charge in [0.05, 0.1) is 5.69 Å². The molecular formula is C20H28INO5. The molecule has 0 saturated carbocycles. The van der Waals surface area contributed by atoms with Crippen LogP contribution in [0.25, 0.3) is 0 Å². The SMILES string of the molecule is CCOC(OCC)c1[nH]c(=O)c([I+]c2cc(C)cc(C)c2)c(O)c1CC.[OH-]. The molecule has 6 nitrogen and oxygen atoms in total. The van der Waals surface area contributed by atoms with Crippen LogP contribution in [0.1, 0.15) is 49.4 Å². The van der Waals surface area contributed by atoms with Crippen molar-refractivity contribution in [1.82, 2.24) is 4.98 Å². The Morgan fingerprint density at radius 2 is 1.63 bits per heavy atom. The summed E-state index contributed by atoms with van der Waals surface area (Å²) >= 11 is -0.796. The maximum atomic E-state index is 12.7. The van der Waals surface area contributed by atoms with Crippen LogP contribution in [0.2, 0.25) is 0 Å². The lowest BCUT2D eigenvalue weighted by Crippen LogP contribution is -3.62. The first kappa shape index (κ1) is 23.6. The molecule has 0 aliphatic heterocycles. The number of H-pyrrole nitrogens is 1. The van der Waals surface area contributed by atoms with E-state index < -0.39 is 27.5 Å². The van der Waals surface area contributed by atoms with Crippen LogP contribution >= 0.6 is 0 Å². The third-order valence-corrected chi connectivity index (χ3v) is 6.67. The minimum atomic E-state index is -0.796. The lowest BCUT2D eigenvalue weighted by Gasteiger charge is -2.19. The van der Waals surface area contributed by atoms with Crippen LogP contribution in [0.3, 0.4) is 0 Å². The molecule has 0 radical (unpaired) electrons. The van der Waals surface area contributed by atoms with Gasteiger partial charge in [-0.3, -0.25) is 4.79 Å². The van der Waals surface area contributed by atoms with Gasteiger partial charge in [0.1, 0.15) is 0 Å². The van der Waals surface area contributed by atoms with Crippen LogP contribution in [-0.2, 0) is 15.9 Å². The number of hydrogen-bond acceptors (Lipinski definition) is 5. The van der Waals surface area contributed by atoms with E-state index in [1.165, 1.54) is 0 Å². The standard InChI is InChI=1S/C20H26INO4.H2O/c1-6-15-17(20(25-7-2)26-8-3)22-19(24)16(18(15)23)21-14-10-12(4)9-13(5)11-14;/h9-11,20H,6-8H2,1-5H3,(H-,22,23,24);1H2. The van der Waals surface area contributed by atoms with Crippen molar-refractivity contribution < 1.29 is 41.3 Å². The highest BCUT2D eigenvalue weighted by atomic mass is 127. The third-order valence-electron chi connectivity index (χ3n) is 3.88. The van der Waals surface area contributed by atoms with Crippen molar-refractivity contribution in [2.75, 3.05) is 13.2 Å². The van der Waals surface area contributed by atoms with Gasteiger partial charge in [0.2, 0.25) is 0 Å². The predicted molar refractivity (Wildman–Crippen MR) is 99.3 cm³/mol. The van der Waals surface area contributed by atoms with E-state index in [2.05, 4.69) is 23.2 Å². The molecule has 1 aromatic carbocycles. The monoisotopic (exact) mass is 489 g/mol. The first-order valence-corrected chi connectivity index (χ1v) is 11.0. The molecule has 0 amide bonds. The normalized spacial score (nSPS) is 10.9. The van der Waals surface area contributed by atoms with Crippen LogP contribution in [0.5, 0.6) is 5.75 Å². The fourth-order valence-corrected chi connectivity index (χ4v) is 5.74. The fourth-order valence-electron chi connectivity index (χ4n) is 2.87. The van der Waals surface area contributed by atoms with Gasteiger partial charge in [0.15, 0.2) is 15.6 Å². The summed E-state index contributed by atoms with van der Waals surface area (Å²) in [6, 6.07) is 6.27. The van der Waals surface area contributed by atoms with E-state index in [0.29, 0.717) is 34.5 Å². The summed E-state index contributed by atoms with van der Waals surface area (Å²) in [5.41, 5.74) is 3.28. The number of aromatic hydroxyl groups is 1. The van der Waals surface area contributed by atoms with Gasteiger partial charge in [-0.1, -0.05) is 13.0 Å². The Morgan fingerprint density at radius 3 is 2.11 bits per heavy atom. The van der Waals surface area contributed by atoms with Crippen molar-refractivity contribution in [2.24, 2.45) is 0 Å². The second-order valence-corrected chi connectivity index (χ2v) is 8.87. The van der Waals surface area contributed by atoms with Gasteiger partial charge in [-0.15, -0.1) is 0 Å². The quantitative estimate of drug-likeness (QED) is 0.410. The molecule has 3 N–H and O–H groups in total. The highest BCUT2D eigenvalue weighted by Crippen LogP contribution is 2.26. The summed E-state index contributed by atoms with van der Waals surface area (Å²) in [6.45, 7) is 10.7. The number of halogens is 1. The van der Waals surface area contributed by atoms with E-state index in [0.717, 1.165) is 14.7 Å². The van der Waals surface area contributed by atoms with Crippen molar-refractivity contribution in [3.63, 3.8) is 0 Å². The molecule has 0 fully saturated rings. The highest BCUT2D eigenvalue weighted by Gasteiger charge is 2.31. The number of aromatic amines is 1. The smallest absolute Gasteiger partial charge is 0.368 e. The molecule has 0 spiro atoms. The zero-order valence-corrected chi connectivity index (χ0v) is 18.6. The van der Waals surface area contributed by atoms with Gasteiger partial charge in [0.25, 0.3) is 0 Å². The maximum Gasteiger partial charge on any atom is 0.368 e. The minimum Gasteiger partial charge on any atom is -0.870 e. The lowest BCUT2D eigenvalue weighted by atomic mass is 10.1. The Bertz CT molecular complexity index is 792. The number of nitrogens with one attached hydrogen (secondary N) is 1. The Morgan fingerprint density at radius 1 is 1.07 bits per heavy atom. The first-order valence-electron chi connectivity index (χ1n) is 8.85. The first-order chi connectivity index (χ1) is 12.4. The molecule has 0 bridgehead atoms. The number of benzene rings is 1. The molecule has 2 rings (SSSR count). The second kappa shape index (κ2) is 10.8. The zero-order valence-electron chi connectivity index (χ0n) is 16.4. The zero-order chi connectivity index (χ0) is 19.3. The number of rotatable bonds is 8. The molecule has 0 atom stereocenters. The number of aryl methyl sites for hydroxylation is 2. The molecule has 1 aromatic heterocycles. The molecule has 0 aliphatic carbocycles.